The fourth-order valence-corrected chi connectivity index (χ4v) is 6.16. The van der Waals surface area contributed by atoms with Crippen LogP contribution in [0.15, 0.2) is 113 Å². The van der Waals surface area contributed by atoms with E-state index in [4.69, 9.17) is 17.0 Å². The lowest BCUT2D eigenvalue weighted by Crippen LogP contribution is -2.20. The summed E-state index contributed by atoms with van der Waals surface area (Å²) in [6.45, 7) is 0. The molecule has 0 saturated carbocycles. The van der Waals surface area contributed by atoms with Crippen LogP contribution in [0.1, 0.15) is 10.8 Å². The van der Waals surface area contributed by atoms with E-state index in [2.05, 4.69) is 20.9 Å². The van der Waals surface area contributed by atoms with E-state index in [9.17, 15) is 14.9 Å². The first-order valence-corrected chi connectivity index (χ1v) is 15.1. The van der Waals surface area contributed by atoms with Crippen LogP contribution in [0.5, 0.6) is 5.75 Å². The number of thiocarbonyl (C=S) groups is 1. The Hall–Kier alpha value is -4.78. The predicted octanol–water partition coefficient (Wildman–Crippen LogP) is 8.01. The van der Waals surface area contributed by atoms with Crippen LogP contribution in [0, 0.1) is 10.1 Å². The lowest BCUT2D eigenvalue weighted by molar-refractivity contribution is -0.384. The number of hydrogen-bond donors (Lipinski definition) is 3. The number of nitrogens with zero attached hydrogens (tertiary/aromatic N) is 2. The minimum atomic E-state index is -0.583. The molecule has 0 aliphatic carbocycles. The van der Waals surface area contributed by atoms with Crippen molar-refractivity contribution in [3.8, 4) is 17.0 Å². The Morgan fingerprint density at radius 1 is 0.953 bits per heavy atom. The summed E-state index contributed by atoms with van der Waals surface area (Å²) in [5, 5.41) is 22.4. The molecular weight excluding hydrogens is 603 g/mol. The summed E-state index contributed by atoms with van der Waals surface area (Å²) in [5.74, 6) is 0.424. The van der Waals surface area contributed by atoms with Gasteiger partial charge >= 0.3 is 0 Å². The number of hydrogen-bond acceptors (Lipinski definition) is 8. The zero-order valence-corrected chi connectivity index (χ0v) is 25.2. The van der Waals surface area contributed by atoms with Gasteiger partial charge in [0.15, 0.2) is 10.2 Å². The number of thiazole rings is 1. The first-order valence-electron chi connectivity index (χ1n) is 12.9. The molecule has 216 valence electrons. The maximum absolute atomic E-state index is 13.6. The number of carbonyl (C=O) groups excluding carboxylic acids is 1. The predicted molar refractivity (Wildman–Crippen MR) is 177 cm³/mol. The lowest BCUT2D eigenvalue weighted by Gasteiger charge is -2.17. The molecule has 1 atom stereocenters. The van der Waals surface area contributed by atoms with Gasteiger partial charge in [-0.25, -0.2) is 4.98 Å². The molecule has 0 radical (unpaired) electrons. The Morgan fingerprint density at radius 3 is 2.51 bits per heavy atom. The number of rotatable bonds is 10. The number of thioether (sulfide) groups is 1. The molecule has 43 heavy (non-hydrogen) atoms. The van der Waals surface area contributed by atoms with Gasteiger partial charge in [0, 0.05) is 33.7 Å². The third-order valence-electron chi connectivity index (χ3n) is 6.13. The minimum absolute atomic E-state index is 0.0234. The van der Waals surface area contributed by atoms with Gasteiger partial charge in [-0.05, 0) is 48.1 Å². The third kappa shape index (κ3) is 7.74. The topological polar surface area (TPSA) is 118 Å². The summed E-state index contributed by atoms with van der Waals surface area (Å²) < 4.78 is 5.38. The third-order valence-corrected chi connectivity index (χ3v) is 8.34. The van der Waals surface area contributed by atoms with E-state index < -0.39 is 10.2 Å². The zero-order chi connectivity index (χ0) is 30.2. The van der Waals surface area contributed by atoms with E-state index in [-0.39, 0.29) is 11.6 Å². The molecule has 0 bridgehead atoms. The second-order valence-electron chi connectivity index (χ2n) is 9.05. The number of benzene rings is 4. The maximum Gasteiger partial charge on any atom is 0.270 e. The lowest BCUT2D eigenvalue weighted by atomic mass is 10.1. The van der Waals surface area contributed by atoms with Gasteiger partial charge in [-0.2, -0.15) is 0 Å². The number of nitro groups is 1. The molecule has 0 fully saturated rings. The van der Waals surface area contributed by atoms with Crippen molar-refractivity contribution in [2.75, 3.05) is 23.1 Å². The second-order valence-corrected chi connectivity index (χ2v) is 11.5. The summed E-state index contributed by atoms with van der Waals surface area (Å²) >= 11 is 8.17. The molecule has 12 heteroatoms. The van der Waals surface area contributed by atoms with E-state index in [0.29, 0.717) is 27.3 Å². The largest absolute Gasteiger partial charge is 0.495 e. The Bertz CT molecular complexity index is 1760. The minimum Gasteiger partial charge on any atom is -0.495 e. The number of carbonyl (C=O) groups is 1. The summed E-state index contributed by atoms with van der Waals surface area (Å²) in [6, 6.07) is 30.8. The normalized spacial score (nSPS) is 11.3. The van der Waals surface area contributed by atoms with Crippen molar-refractivity contribution in [3.63, 3.8) is 0 Å². The number of ether oxygens (including phenoxy) is 1. The first kappa shape index (κ1) is 29.7. The van der Waals surface area contributed by atoms with Crippen molar-refractivity contribution in [1.29, 1.82) is 0 Å². The van der Waals surface area contributed by atoms with Gasteiger partial charge in [-0.15, -0.1) is 23.1 Å². The fraction of sp³-hybridized carbons (Fsp3) is 0.0645. The molecule has 3 N–H and O–H groups in total. The van der Waals surface area contributed by atoms with Crippen molar-refractivity contribution in [3.05, 3.63) is 124 Å². The van der Waals surface area contributed by atoms with E-state index in [0.717, 1.165) is 21.8 Å². The molecule has 1 heterocycles. The van der Waals surface area contributed by atoms with Crippen molar-refractivity contribution < 1.29 is 14.5 Å². The van der Waals surface area contributed by atoms with Gasteiger partial charge < -0.3 is 20.7 Å². The van der Waals surface area contributed by atoms with E-state index in [1.807, 2.05) is 78.9 Å². The van der Waals surface area contributed by atoms with Crippen LogP contribution in [0.3, 0.4) is 0 Å². The highest BCUT2D eigenvalue weighted by Crippen LogP contribution is 2.38. The fourth-order valence-electron chi connectivity index (χ4n) is 4.13. The van der Waals surface area contributed by atoms with Gasteiger partial charge in [-0.1, -0.05) is 60.7 Å². The Balaban J connectivity index is 1.31. The van der Waals surface area contributed by atoms with Crippen molar-refractivity contribution in [2.45, 2.75) is 10.1 Å². The summed E-state index contributed by atoms with van der Waals surface area (Å²) in [6.07, 6.45) is 0. The molecule has 1 unspecified atom stereocenters. The first-order chi connectivity index (χ1) is 20.9. The van der Waals surface area contributed by atoms with Crippen molar-refractivity contribution in [2.24, 2.45) is 0 Å². The van der Waals surface area contributed by atoms with Gasteiger partial charge in [0.25, 0.3) is 5.69 Å². The molecule has 0 saturated heterocycles. The monoisotopic (exact) mass is 627 g/mol. The van der Waals surface area contributed by atoms with E-state index in [1.54, 1.807) is 24.6 Å². The molecule has 0 aliphatic heterocycles. The van der Waals surface area contributed by atoms with Crippen LogP contribution in [-0.4, -0.2) is 28.0 Å². The van der Waals surface area contributed by atoms with Crippen LogP contribution < -0.4 is 20.7 Å². The second kappa shape index (κ2) is 13.9. The number of amides is 1. The summed E-state index contributed by atoms with van der Waals surface area (Å²) in [7, 11) is 1.60. The molecule has 5 aromatic rings. The SMILES string of the molecule is COc1ccccc1NC(=S)Nc1cccc(SC(C(=O)Nc2nc(-c3cccc([N+](=O)[O-])c3)cs2)c2ccccc2)c1. The molecule has 1 amide bonds. The number of methoxy groups -OCH3 is 1. The van der Waals surface area contributed by atoms with E-state index >= 15 is 0 Å². The van der Waals surface area contributed by atoms with Crippen LogP contribution in [0.2, 0.25) is 0 Å². The van der Waals surface area contributed by atoms with Crippen LogP contribution in [0.4, 0.5) is 22.2 Å². The van der Waals surface area contributed by atoms with Crippen LogP contribution >= 0.6 is 35.3 Å². The Kier molecular flexibility index (Phi) is 9.62. The molecule has 9 nitrogen and oxygen atoms in total. The average Bonchev–Trinajstić information content (AvgIpc) is 3.49. The van der Waals surface area contributed by atoms with Crippen LogP contribution in [-0.2, 0) is 4.79 Å². The molecule has 0 spiro atoms. The van der Waals surface area contributed by atoms with Crippen molar-refractivity contribution in [1.82, 2.24) is 4.98 Å². The quantitative estimate of drug-likeness (QED) is 0.0612. The number of nitro benzene ring substituents is 1. The smallest absolute Gasteiger partial charge is 0.270 e. The molecule has 0 aliphatic rings. The average molecular weight is 628 g/mol. The number of para-hydroxylation sites is 2. The highest BCUT2D eigenvalue weighted by Gasteiger charge is 2.23. The van der Waals surface area contributed by atoms with Gasteiger partial charge in [-0.3, -0.25) is 14.9 Å². The summed E-state index contributed by atoms with van der Waals surface area (Å²) in [4.78, 5) is 29.7. The maximum atomic E-state index is 13.6. The highest BCUT2D eigenvalue weighted by atomic mass is 32.2. The zero-order valence-electron chi connectivity index (χ0n) is 22.7. The van der Waals surface area contributed by atoms with E-state index in [1.165, 1.54) is 35.2 Å². The molecule has 4 aromatic carbocycles. The summed E-state index contributed by atoms with van der Waals surface area (Å²) in [5.41, 5.74) is 3.44. The Morgan fingerprint density at radius 2 is 1.72 bits per heavy atom. The molecule has 1 aromatic heterocycles. The van der Waals surface area contributed by atoms with Gasteiger partial charge in [0.05, 0.1) is 23.4 Å². The standard InChI is InChI=1S/C31H25N5O4S3/c1-40-27-16-6-5-15-25(27)33-30(41)32-22-12-8-14-24(18-22)43-28(20-9-3-2-4-10-20)29(37)35-31-34-26(19-42-31)21-11-7-13-23(17-21)36(38)39/h2-19,28H,1H3,(H2,32,33,41)(H,34,35,37). The molecule has 5 rings (SSSR count). The van der Waals surface area contributed by atoms with Crippen LogP contribution in [0.25, 0.3) is 11.3 Å². The Labute approximate surface area is 261 Å². The number of aromatic nitrogens is 1. The number of nitrogens with one attached hydrogen (secondary N) is 3. The number of anilines is 3. The highest BCUT2D eigenvalue weighted by molar-refractivity contribution is 8.00. The van der Waals surface area contributed by atoms with Gasteiger partial charge in [0.1, 0.15) is 11.0 Å². The van der Waals surface area contributed by atoms with Crippen molar-refractivity contribution >= 4 is 68.5 Å². The van der Waals surface area contributed by atoms with Gasteiger partial charge in [0.2, 0.25) is 5.91 Å². The molecular formula is C31H25N5O4S3. The number of non-ortho nitro benzene ring substituents is 1.